The number of nitrogens with one attached hydrogen (secondary N) is 1. The van der Waals surface area contributed by atoms with Gasteiger partial charge in [-0.2, -0.15) is 0 Å². The second-order valence-electron chi connectivity index (χ2n) is 5.70. The van der Waals surface area contributed by atoms with E-state index in [0.29, 0.717) is 25.4 Å². The van der Waals surface area contributed by atoms with Gasteiger partial charge in [0.2, 0.25) is 0 Å². The number of halogens is 1. The zero-order valence-electron chi connectivity index (χ0n) is 14.2. The lowest BCUT2D eigenvalue weighted by Gasteiger charge is -2.06. The second kappa shape index (κ2) is 9.50. The van der Waals surface area contributed by atoms with E-state index < -0.39 is 0 Å². The third-order valence-electron chi connectivity index (χ3n) is 3.65. The molecule has 0 saturated carbocycles. The predicted molar refractivity (Wildman–Crippen MR) is 95.5 cm³/mol. The van der Waals surface area contributed by atoms with Crippen molar-refractivity contribution in [1.29, 1.82) is 0 Å². The molecule has 0 aliphatic heterocycles. The lowest BCUT2D eigenvalue weighted by molar-refractivity contribution is 0.0525. The van der Waals surface area contributed by atoms with Crippen LogP contribution in [0.25, 0.3) is 0 Å². The second-order valence-corrected chi connectivity index (χ2v) is 6.14. The van der Waals surface area contributed by atoms with Crippen LogP contribution in [0.5, 0.6) is 0 Å². The van der Waals surface area contributed by atoms with Gasteiger partial charge in [0.05, 0.1) is 18.8 Å². The van der Waals surface area contributed by atoms with Crippen LogP contribution >= 0.6 is 11.6 Å². The molecule has 0 bridgehead atoms. The predicted octanol–water partition coefficient (Wildman–Crippen LogP) is 4.69. The van der Waals surface area contributed by atoms with Crippen LogP contribution in [0.3, 0.4) is 0 Å². The van der Waals surface area contributed by atoms with Gasteiger partial charge in [-0.15, -0.1) is 0 Å². The molecule has 2 aromatic rings. The fourth-order valence-electron chi connectivity index (χ4n) is 2.56. The van der Waals surface area contributed by atoms with Crippen LogP contribution in [-0.2, 0) is 22.5 Å². The van der Waals surface area contributed by atoms with E-state index in [1.54, 1.807) is 0 Å². The van der Waals surface area contributed by atoms with Gasteiger partial charge in [0.15, 0.2) is 0 Å². The normalized spacial score (nSPS) is 10.8. The van der Waals surface area contributed by atoms with Crippen LogP contribution in [-0.4, -0.2) is 24.2 Å². The molecule has 1 heterocycles. The zero-order chi connectivity index (χ0) is 17.4. The third kappa shape index (κ3) is 5.69. The molecule has 0 fully saturated rings. The monoisotopic (exact) mass is 349 g/mol. The number of hydrogen-bond acceptors (Lipinski definition) is 3. The van der Waals surface area contributed by atoms with E-state index in [2.05, 4.69) is 4.98 Å². The van der Waals surface area contributed by atoms with Crippen LogP contribution in [0, 0.1) is 6.92 Å². The summed E-state index contributed by atoms with van der Waals surface area (Å²) >= 11 is 5.94. The van der Waals surface area contributed by atoms with E-state index in [0.717, 1.165) is 41.2 Å². The Morgan fingerprint density at radius 3 is 2.83 bits per heavy atom. The SMILES string of the molecule is CCOC(=O)c1cc(C)[nH]c1CCCCOCc1cccc(Cl)c1. The summed E-state index contributed by atoms with van der Waals surface area (Å²) in [6.07, 6.45) is 2.69. The van der Waals surface area contributed by atoms with E-state index in [4.69, 9.17) is 21.1 Å². The largest absolute Gasteiger partial charge is 0.462 e. The van der Waals surface area contributed by atoms with Gasteiger partial charge < -0.3 is 14.5 Å². The maximum absolute atomic E-state index is 11.9. The van der Waals surface area contributed by atoms with E-state index in [9.17, 15) is 4.79 Å². The van der Waals surface area contributed by atoms with Crippen LogP contribution < -0.4 is 0 Å². The summed E-state index contributed by atoms with van der Waals surface area (Å²) in [6, 6.07) is 9.53. The first-order chi connectivity index (χ1) is 11.6. The maximum Gasteiger partial charge on any atom is 0.339 e. The Hall–Kier alpha value is -1.78. The van der Waals surface area contributed by atoms with E-state index in [-0.39, 0.29) is 5.97 Å². The van der Waals surface area contributed by atoms with Gasteiger partial charge in [0.1, 0.15) is 0 Å². The van der Waals surface area contributed by atoms with Crippen molar-refractivity contribution in [2.75, 3.05) is 13.2 Å². The Bertz CT molecular complexity index is 666. The highest BCUT2D eigenvalue weighted by atomic mass is 35.5. The molecule has 24 heavy (non-hydrogen) atoms. The molecule has 4 nitrogen and oxygen atoms in total. The van der Waals surface area contributed by atoms with Crippen LogP contribution in [0.1, 0.15) is 47.1 Å². The number of benzene rings is 1. The number of H-pyrrole nitrogens is 1. The molecule has 0 amide bonds. The highest BCUT2D eigenvalue weighted by molar-refractivity contribution is 6.30. The molecule has 0 unspecified atom stereocenters. The van der Waals surface area contributed by atoms with Crippen LogP contribution in [0.2, 0.25) is 5.02 Å². The first-order valence-electron chi connectivity index (χ1n) is 8.28. The fraction of sp³-hybridized carbons (Fsp3) is 0.421. The topological polar surface area (TPSA) is 51.3 Å². The molecule has 0 aliphatic carbocycles. The molecule has 0 saturated heterocycles. The van der Waals surface area contributed by atoms with Crippen molar-refractivity contribution >= 4 is 17.6 Å². The highest BCUT2D eigenvalue weighted by Crippen LogP contribution is 2.15. The molecule has 5 heteroatoms. The molecular formula is C19H24ClNO3. The number of esters is 1. The minimum Gasteiger partial charge on any atom is -0.462 e. The summed E-state index contributed by atoms with van der Waals surface area (Å²) in [7, 11) is 0. The Morgan fingerprint density at radius 2 is 2.08 bits per heavy atom. The minimum atomic E-state index is -0.256. The number of ether oxygens (including phenoxy) is 2. The van der Waals surface area contributed by atoms with Gasteiger partial charge in [-0.25, -0.2) is 4.79 Å². The molecule has 130 valence electrons. The summed E-state index contributed by atoms with van der Waals surface area (Å²) in [4.78, 5) is 15.2. The summed E-state index contributed by atoms with van der Waals surface area (Å²) in [6.45, 7) is 5.39. The molecule has 2 rings (SSSR count). The number of carbonyl (C=O) groups excluding carboxylic acids is 1. The fourth-order valence-corrected chi connectivity index (χ4v) is 2.77. The average Bonchev–Trinajstić information content (AvgIpc) is 2.92. The van der Waals surface area contributed by atoms with Gasteiger partial charge >= 0.3 is 5.97 Å². The standard InChI is InChI=1S/C19H24ClNO3/c1-3-24-19(22)17-11-14(2)21-18(17)9-4-5-10-23-13-15-7-6-8-16(20)12-15/h6-8,11-12,21H,3-5,9-10,13H2,1-2H3. The first kappa shape index (κ1) is 18.6. The Kier molecular flexibility index (Phi) is 7.35. The number of carbonyl (C=O) groups is 1. The number of unbranched alkanes of at least 4 members (excludes halogenated alkanes) is 1. The Balaban J connectivity index is 1.72. The highest BCUT2D eigenvalue weighted by Gasteiger charge is 2.14. The van der Waals surface area contributed by atoms with E-state index in [1.165, 1.54) is 0 Å². The van der Waals surface area contributed by atoms with Crippen molar-refractivity contribution in [2.24, 2.45) is 0 Å². The number of rotatable bonds is 9. The van der Waals surface area contributed by atoms with E-state index >= 15 is 0 Å². The van der Waals surface area contributed by atoms with Gasteiger partial charge in [0, 0.05) is 23.0 Å². The van der Waals surface area contributed by atoms with Crippen molar-refractivity contribution in [3.63, 3.8) is 0 Å². The van der Waals surface area contributed by atoms with Gasteiger partial charge in [-0.05, 0) is 56.9 Å². The Labute approximate surface area is 148 Å². The summed E-state index contributed by atoms with van der Waals surface area (Å²) in [5.74, 6) is -0.256. The quantitative estimate of drug-likeness (QED) is 0.527. The third-order valence-corrected chi connectivity index (χ3v) is 3.89. The summed E-state index contributed by atoms with van der Waals surface area (Å²) in [5, 5.41) is 0.727. The van der Waals surface area contributed by atoms with E-state index in [1.807, 2.05) is 44.2 Å². The molecule has 0 aliphatic rings. The lowest BCUT2D eigenvalue weighted by Crippen LogP contribution is -2.07. The molecule has 0 radical (unpaired) electrons. The van der Waals surface area contributed by atoms with Crippen LogP contribution in [0.15, 0.2) is 30.3 Å². The molecule has 1 aromatic heterocycles. The number of hydrogen-bond donors (Lipinski definition) is 1. The maximum atomic E-state index is 11.9. The smallest absolute Gasteiger partial charge is 0.339 e. The molecule has 0 spiro atoms. The van der Waals surface area contributed by atoms with Crippen LogP contribution in [0.4, 0.5) is 0 Å². The van der Waals surface area contributed by atoms with Crippen molar-refractivity contribution in [1.82, 2.24) is 4.98 Å². The number of aryl methyl sites for hydroxylation is 2. The summed E-state index contributed by atoms with van der Waals surface area (Å²) in [5.41, 5.74) is 3.65. The van der Waals surface area contributed by atoms with Gasteiger partial charge in [-0.3, -0.25) is 0 Å². The lowest BCUT2D eigenvalue weighted by atomic mass is 10.1. The number of aromatic amines is 1. The Morgan fingerprint density at radius 1 is 1.25 bits per heavy atom. The zero-order valence-corrected chi connectivity index (χ0v) is 15.0. The molecule has 1 aromatic carbocycles. The molecular weight excluding hydrogens is 326 g/mol. The van der Waals surface area contributed by atoms with Crippen molar-refractivity contribution < 1.29 is 14.3 Å². The van der Waals surface area contributed by atoms with Gasteiger partial charge in [-0.1, -0.05) is 23.7 Å². The minimum absolute atomic E-state index is 0.256. The molecule has 0 atom stereocenters. The number of aromatic nitrogens is 1. The van der Waals surface area contributed by atoms with Gasteiger partial charge in [0.25, 0.3) is 0 Å². The first-order valence-corrected chi connectivity index (χ1v) is 8.65. The van der Waals surface area contributed by atoms with Crippen molar-refractivity contribution in [3.05, 3.63) is 57.9 Å². The van der Waals surface area contributed by atoms with Crippen molar-refractivity contribution in [3.8, 4) is 0 Å². The van der Waals surface area contributed by atoms with Crippen molar-refractivity contribution in [2.45, 2.75) is 39.7 Å². The summed E-state index contributed by atoms with van der Waals surface area (Å²) < 4.78 is 10.8. The average molecular weight is 350 g/mol. The molecule has 1 N–H and O–H groups in total.